The molecule has 18 heavy (non-hydrogen) atoms. The van der Waals surface area contributed by atoms with E-state index in [0.29, 0.717) is 5.92 Å². The Kier molecular flexibility index (Phi) is 4.45. The van der Waals surface area contributed by atoms with E-state index in [2.05, 4.69) is 32.9 Å². The van der Waals surface area contributed by atoms with E-state index in [4.69, 9.17) is 0 Å². The summed E-state index contributed by atoms with van der Waals surface area (Å²) in [4.78, 5) is 0. The summed E-state index contributed by atoms with van der Waals surface area (Å²) in [6, 6.07) is 4.51. The predicted octanol–water partition coefficient (Wildman–Crippen LogP) is 4.10. The predicted molar refractivity (Wildman–Crippen MR) is 76.9 cm³/mol. The first-order valence-electron chi connectivity index (χ1n) is 7.32. The van der Waals surface area contributed by atoms with Crippen molar-refractivity contribution in [1.29, 1.82) is 0 Å². The summed E-state index contributed by atoms with van der Waals surface area (Å²) in [6.45, 7) is 6.53. The molecule has 100 valence electrons. The van der Waals surface area contributed by atoms with Gasteiger partial charge in [0.05, 0.1) is 6.10 Å². The van der Waals surface area contributed by atoms with Crippen molar-refractivity contribution in [3.63, 3.8) is 0 Å². The van der Waals surface area contributed by atoms with Gasteiger partial charge >= 0.3 is 0 Å². The average molecular weight is 246 g/mol. The second-order valence-corrected chi connectivity index (χ2v) is 6.03. The van der Waals surface area contributed by atoms with Crippen LogP contribution in [0.1, 0.15) is 54.4 Å². The van der Waals surface area contributed by atoms with E-state index < -0.39 is 0 Å². The summed E-state index contributed by atoms with van der Waals surface area (Å²) in [5.74, 6) is 0.566. The minimum absolute atomic E-state index is 0.0902. The van der Waals surface area contributed by atoms with Crippen LogP contribution in [0.3, 0.4) is 0 Å². The van der Waals surface area contributed by atoms with Gasteiger partial charge in [-0.15, -0.1) is 0 Å². The fraction of sp³-hybridized carbons (Fsp3) is 0.647. The molecule has 0 amide bonds. The standard InChI is InChI=1S/C17H26O/c1-12-10-13(2)16(14(3)11-12)8-9-17(18)15-6-4-5-7-15/h10-11,15,17-18H,4-9H2,1-3H3. The first-order chi connectivity index (χ1) is 8.58. The second kappa shape index (κ2) is 5.88. The molecule has 1 aliphatic carbocycles. The fourth-order valence-corrected chi connectivity index (χ4v) is 3.47. The number of aryl methyl sites for hydroxylation is 3. The van der Waals surface area contributed by atoms with E-state index in [-0.39, 0.29) is 6.10 Å². The maximum atomic E-state index is 10.2. The average Bonchev–Trinajstić information content (AvgIpc) is 2.80. The van der Waals surface area contributed by atoms with Crippen molar-refractivity contribution in [2.75, 3.05) is 0 Å². The molecule has 0 aromatic heterocycles. The Morgan fingerprint density at radius 1 is 1.11 bits per heavy atom. The number of benzene rings is 1. The van der Waals surface area contributed by atoms with E-state index in [0.717, 1.165) is 12.8 Å². The number of aliphatic hydroxyl groups excluding tert-OH is 1. The van der Waals surface area contributed by atoms with Crippen LogP contribution >= 0.6 is 0 Å². The van der Waals surface area contributed by atoms with Crippen LogP contribution < -0.4 is 0 Å². The Morgan fingerprint density at radius 2 is 1.67 bits per heavy atom. The van der Waals surface area contributed by atoms with Crippen LogP contribution in [0.15, 0.2) is 12.1 Å². The molecule has 1 aromatic carbocycles. The van der Waals surface area contributed by atoms with Crippen LogP contribution in [-0.2, 0) is 6.42 Å². The number of aliphatic hydroxyl groups is 1. The van der Waals surface area contributed by atoms with Gasteiger partial charge in [0.1, 0.15) is 0 Å². The summed E-state index contributed by atoms with van der Waals surface area (Å²) in [6.07, 6.45) is 6.94. The van der Waals surface area contributed by atoms with Crippen LogP contribution in [0.5, 0.6) is 0 Å². The molecule has 0 radical (unpaired) electrons. The highest BCUT2D eigenvalue weighted by Crippen LogP contribution is 2.30. The molecule has 1 saturated carbocycles. The van der Waals surface area contributed by atoms with Gasteiger partial charge in [-0.3, -0.25) is 0 Å². The summed E-state index contributed by atoms with van der Waals surface area (Å²) < 4.78 is 0. The van der Waals surface area contributed by atoms with E-state index in [1.807, 2.05) is 0 Å². The van der Waals surface area contributed by atoms with Crippen LogP contribution in [-0.4, -0.2) is 11.2 Å². The Balaban J connectivity index is 1.97. The Morgan fingerprint density at radius 3 is 2.22 bits per heavy atom. The second-order valence-electron chi connectivity index (χ2n) is 6.03. The largest absolute Gasteiger partial charge is 0.393 e. The smallest absolute Gasteiger partial charge is 0.0571 e. The summed E-state index contributed by atoms with van der Waals surface area (Å²) >= 11 is 0. The third-order valence-corrected chi connectivity index (χ3v) is 4.47. The molecule has 1 aromatic rings. The first-order valence-corrected chi connectivity index (χ1v) is 7.32. The summed E-state index contributed by atoms with van der Waals surface area (Å²) in [5, 5.41) is 10.2. The van der Waals surface area contributed by atoms with Gasteiger partial charge in [-0.05, 0) is 69.1 Å². The van der Waals surface area contributed by atoms with E-state index in [1.54, 1.807) is 0 Å². The van der Waals surface area contributed by atoms with Gasteiger partial charge in [0.15, 0.2) is 0 Å². The minimum atomic E-state index is -0.0902. The highest BCUT2D eigenvalue weighted by Gasteiger charge is 2.23. The molecule has 1 unspecified atom stereocenters. The van der Waals surface area contributed by atoms with Crippen LogP contribution in [0.2, 0.25) is 0 Å². The molecule has 1 aliphatic rings. The molecule has 1 N–H and O–H groups in total. The minimum Gasteiger partial charge on any atom is -0.393 e. The van der Waals surface area contributed by atoms with Crippen molar-refractivity contribution < 1.29 is 5.11 Å². The molecule has 1 nitrogen and oxygen atoms in total. The Hall–Kier alpha value is -0.820. The molecular weight excluding hydrogens is 220 g/mol. The number of hydrogen-bond acceptors (Lipinski definition) is 1. The van der Waals surface area contributed by atoms with Gasteiger partial charge < -0.3 is 5.11 Å². The van der Waals surface area contributed by atoms with Crippen LogP contribution in [0.25, 0.3) is 0 Å². The van der Waals surface area contributed by atoms with Gasteiger partial charge in [0.25, 0.3) is 0 Å². The van der Waals surface area contributed by atoms with Crippen molar-refractivity contribution in [1.82, 2.24) is 0 Å². The SMILES string of the molecule is Cc1cc(C)c(CCC(O)C2CCCC2)c(C)c1. The molecule has 1 heteroatoms. The van der Waals surface area contributed by atoms with E-state index in [9.17, 15) is 5.11 Å². The van der Waals surface area contributed by atoms with Crippen LogP contribution in [0.4, 0.5) is 0 Å². The zero-order valence-electron chi connectivity index (χ0n) is 12.0. The quantitative estimate of drug-likeness (QED) is 0.848. The zero-order valence-corrected chi connectivity index (χ0v) is 12.0. The first kappa shape index (κ1) is 13.6. The van der Waals surface area contributed by atoms with Crippen molar-refractivity contribution in [3.8, 4) is 0 Å². The zero-order chi connectivity index (χ0) is 13.1. The Labute approximate surface area is 111 Å². The lowest BCUT2D eigenvalue weighted by molar-refractivity contribution is 0.102. The molecule has 0 aliphatic heterocycles. The van der Waals surface area contributed by atoms with Crippen molar-refractivity contribution in [2.45, 2.75) is 65.4 Å². The monoisotopic (exact) mass is 246 g/mol. The third-order valence-electron chi connectivity index (χ3n) is 4.47. The molecule has 0 spiro atoms. The van der Waals surface area contributed by atoms with E-state index in [1.165, 1.54) is 47.9 Å². The van der Waals surface area contributed by atoms with Gasteiger partial charge in [-0.2, -0.15) is 0 Å². The van der Waals surface area contributed by atoms with Crippen molar-refractivity contribution in [2.24, 2.45) is 5.92 Å². The van der Waals surface area contributed by atoms with Gasteiger partial charge in [0.2, 0.25) is 0 Å². The maximum Gasteiger partial charge on any atom is 0.0571 e. The maximum absolute atomic E-state index is 10.2. The molecule has 1 atom stereocenters. The number of rotatable bonds is 4. The van der Waals surface area contributed by atoms with Crippen molar-refractivity contribution >= 4 is 0 Å². The molecule has 0 bridgehead atoms. The normalized spacial score (nSPS) is 18.2. The highest BCUT2D eigenvalue weighted by atomic mass is 16.3. The molecule has 0 heterocycles. The van der Waals surface area contributed by atoms with Gasteiger partial charge in [0, 0.05) is 0 Å². The van der Waals surface area contributed by atoms with Crippen molar-refractivity contribution in [3.05, 3.63) is 34.4 Å². The number of hydrogen-bond donors (Lipinski definition) is 1. The summed E-state index contributed by atoms with van der Waals surface area (Å²) in [7, 11) is 0. The van der Waals surface area contributed by atoms with E-state index >= 15 is 0 Å². The molecular formula is C17H26O. The van der Waals surface area contributed by atoms with Crippen LogP contribution in [0, 0.1) is 26.7 Å². The molecule has 1 fully saturated rings. The lowest BCUT2D eigenvalue weighted by atomic mass is 9.91. The fourth-order valence-electron chi connectivity index (χ4n) is 3.47. The molecule has 0 saturated heterocycles. The van der Waals surface area contributed by atoms with Gasteiger partial charge in [-0.1, -0.05) is 30.5 Å². The topological polar surface area (TPSA) is 20.2 Å². The highest BCUT2D eigenvalue weighted by molar-refractivity contribution is 5.37. The Bertz CT molecular complexity index is 379. The summed E-state index contributed by atoms with van der Waals surface area (Å²) in [5.41, 5.74) is 5.54. The lowest BCUT2D eigenvalue weighted by Gasteiger charge is -2.19. The molecule has 2 rings (SSSR count). The third kappa shape index (κ3) is 3.14. The lowest BCUT2D eigenvalue weighted by Crippen LogP contribution is -2.18. The van der Waals surface area contributed by atoms with Gasteiger partial charge in [-0.25, -0.2) is 0 Å².